The van der Waals surface area contributed by atoms with Crippen LogP contribution in [0.5, 0.6) is 11.5 Å². The van der Waals surface area contributed by atoms with Gasteiger partial charge in [-0.15, -0.1) is 0 Å². The molecule has 0 bridgehead atoms. The molecule has 1 amide bonds. The Hall–Kier alpha value is -2.77. The van der Waals surface area contributed by atoms with Crippen LogP contribution in [-0.4, -0.2) is 19.1 Å². The maximum atomic E-state index is 13.9. The fourth-order valence-corrected chi connectivity index (χ4v) is 2.01. The lowest BCUT2D eigenvalue weighted by molar-refractivity contribution is 0.0991. The van der Waals surface area contributed by atoms with Gasteiger partial charge in [0.05, 0.1) is 13.2 Å². The molecule has 0 aliphatic carbocycles. The topological polar surface area (TPSA) is 61.6 Å². The first-order chi connectivity index (χ1) is 11.9. The fraction of sp³-hybridized carbons (Fsp3) is 0.235. The maximum absolute atomic E-state index is 13.9. The normalized spacial score (nSPS) is 10.6. The monoisotopic (exact) mass is 357 g/mol. The van der Waals surface area contributed by atoms with Crippen molar-refractivity contribution in [2.45, 2.75) is 12.8 Å². The number of rotatable bonds is 8. The zero-order chi connectivity index (χ0) is 18.4. The van der Waals surface area contributed by atoms with Gasteiger partial charge in [0.15, 0.2) is 23.2 Å². The van der Waals surface area contributed by atoms with Crippen molar-refractivity contribution < 1.29 is 31.8 Å². The van der Waals surface area contributed by atoms with Crippen molar-refractivity contribution in [3.8, 4) is 11.5 Å². The van der Waals surface area contributed by atoms with Crippen molar-refractivity contribution in [2.24, 2.45) is 5.73 Å². The van der Waals surface area contributed by atoms with E-state index in [1.54, 1.807) is 0 Å². The molecule has 8 heteroatoms. The van der Waals surface area contributed by atoms with Crippen LogP contribution in [0, 0.1) is 23.3 Å². The molecule has 0 aliphatic rings. The van der Waals surface area contributed by atoms with Crippen LogP contribution >= 0.6 is 0 Å². The Morgan fingerprint density at radius 3 is 2.16 bits per heavy atom. The highest BCUT2D eigenvalue weighted by molar-refractivity contribution is 5.93. The molecule has 0 saturated heterocycles. The Bertz CT molecular complexity index is 768. The SMILES string of the molecule is NC(=O)c1c(F)ccc(OCCCCOc2ccc(F)c(F)c2)c1F. The van der Waals surface area contributed by atoms with Crippen molar-refractivity contribution in [2.75, 3.05) is 13.2 Å². The molecule has 0 aromatic heterocycles. The van der Waals surface area contributed by atoms with Crippen molar-refractivity contribution in [3.63, 3.8) is 0 Å². The van der Waals surface area contributed by atoms with Crippen LogP contribution in [0.3, 0.4) is 0 Å². The standard InChI is InChI=1S/C17H15F4NO3/c18-11-4-3-10(9-13(11)20)24-7-1-2-8-25-14-6-5-12(19)15(16(14)21)17(22)23/h3-6,9H,1-2,7-8H2,(H2,22,23). The summed E-state index contributed by atoms with van der Waals surface area (Å²) in [4.78, 5) is 11.0. The molecule has 2 aromatic rings. The zero-order valence-electron chi connectivity index (χ0n) is 13.0. The first kappa shape index (κ1) is 18.6. The molecule has 0 radical (unpaired) electrons. The zero-order valence-corrected chi connectivity index (χ0v) is 13.0. The Labute approximate surface area is 141 Å². The van der Waals surface area contributed by atoms with E-state index in [1.165, 1.54) is 6.07 Å². The molecule has 2 N–H and O–H groups in total. The third-order valence-electron chi connectivity index (χ3n) is 3.26. The first-order valence-corrected chi connectivity index (χ1v) is 7.38. The highest BCUT2D eigenvalue weighted by Gasteiger charge is 2.19. The number of halogens is 4. The number of carbonyl (C=O) groups excluding carboxylic acids is 1. The summed E-state index contributed by atoms with van der Waals surface area (Å²) in [7, 11) is 0. The molecule has 0 aliphatic heterocycles. The minimum Gasteiger partial charge on any atom is -0.493 e. The second-order valence-electron chi connectivity index (χ2n) is 5.08. The van der Waals surface area contributed by atoms with Gasteiger partial charge in [-0.2, -0.15) is 0 Å². The average Bonchev–Trinajstić information content (AvgIpc) is 2.55. The summed E-state index contributed by atoms with van der Waals surface area (Å²) in [5.74, 6) is -5.48. The summed E-state index contributed by atoms with van der Waals surface area (Å²) in [6, 6.07) is 5.15. The van der Waals surface area contributed by atoms with Crippen molar-refractivity contribution >= 4 is 5.91 Å². The molecule has 0 atom stereocenters. The Kier molecular flexibility index (Phi) is 6.21. The van der Waals surface area contributed by atoms with Gasteiger partial charge in [0.1, 0.15) is 17.1 Å². The molecule has 0 unspecified atom stereocenters. The largest absolute Gasteiger partial charge is 0.493 e. The number of hydrogen-bond donors (Lipinski definition) is 1. The van der Waals surface area contributed by atoms with E-state index in [4.69, 9.17) is 15.2 Å². The summed E-state index contributed by atoms with van der Waals surface area (Å²) in [5, 5.41) is 0. The van der Waals surface area contributed by atoms with E-state index < -0.39 is 34.7 Å². The predicted molar refractivity (Wildman–Crippen MR) is 81.5 cm³/mol. The van der Waals surface area contributed by atoms with E-state index in [2.05, 4.69) is 0 Å². The van der Waals surface area contributed by atoms with Gasteiger partial charge in [-0.05, 0) is 37.1 Å². The number of primary amides is 1. The first-order valence-electron chi connectivity index (χ1n) is 7.38. The third kappa shape index (κ3) is 4.85. The van der Waals surface area contributed by atoms with Gasteiger partial charge < -0.3 is 15.2 Å². The number of ether oxygens (including phenoxy) is 2. The highest BCUT2D eigenvalue weighted by atomic mass is 19.2. The summed E-state index contributed by atoms with van der Waals surface area (Å²) >= 11 is 0. The molecule has 0 spiro atoms. The highest BCUT2D eigenvalue weighted by Crippen LogP contribution is 2.23. The number of amides is 1. The smallest absolute Gasteiger partial charge is 0.254 e. The molecule has 0 heterocycles. The van der Waals surface area contributed by atoms with Crippen LogP contribution in [0.1, 0.15) is 23.2 Å². The molecular formula is C17H15F4NO3. The van der Waals surface area contributed by atoms with Crippen LogP contribution in [0.25, 0.3) is 0 Å². The quantitative estimate of drug-likeness (QED) is 0.580. The minimum absolute atomic E-state index is 0.0852. The van der Waals surface area contributed by atoms with Gasteiger partial charge in [-0.3, -0.25) is 4.79 Å². The average molecular weight is 357 g/mol. The van der Waals surface area contributed by atoms with Crippen LogP contribution in [0.4, 0.5) is 17.6 Å². The van der Waals surface area contributed by atoms with Crippen LogP contribution in [-0.2, 0) is 0 Å². The summed E-state index contributed by atoms with van der Waals surface area (Å²) in [6.07, 6.45) is 0.941. The maximum Gasteiger partial charge on any atom is 0.254 e. The fourth-order valence-electron chi connectivity index (χ4n) is 2.01. The second-order valence-corrected chi connectivity index (χ2v) is 5.08. The minimum atomic E-state index is -1.22. The van der Waals surface area contributed by atoms with Crippen LogP contribution in [0.2, 0.25) is 0 Å². The number of hydrogen-bond acceptors (Lipinski definition) is 3. The van der Waals surface area contributed by atoms with E-state index in [9.17, 15) is 22.4 Å². The molecule has 2 aromatic carbocycles. The predicted octanol–water partition coefficient (Wildman–Crippen LogP) is 3.58. The van der Waals surface area contributed by atoms with Crippen molar-refractivity contribution in [1.82, 2.24) is 0 Å². The van der Waals surface area contributed by atoms with E-state index in [0.717, 1.165) is 24.3 Å². The Balaban J connectivity index is 1.77. The van der Waals surface area contributed by atoms with E-state index in [-0.39, 0.29) is 24.7 Å². The van der Waals surface area contributed by atoms with E-state index >= 15 is 0 Å². The van der Waals surface area contributed by atoms with Gasteiger partial charge in [0, 0.05) is 6.07 Å². The van der Waals surface area contributed by atoms with Gasteiger partial charge >= 0.3 is 0 Å². The number of unbranched alkanes of at least 4 members (excludes halogenated alkanes) is 1. The lowest BCUT2D eigenvalue weighted by Crippen LogP contribution is -2.16. The van der Waals surface area contributed by atoms with Crippen molar-refractivity contribution in [1.29, 1.82) is 0 Å². The lowest BCUT2D eigenvalue weighted by atomic mass is 10.1. The second kappa shape index (κ2) is 8.36. The van der Waals surface area contributed by atoms with Crippen LogP contribution in [0.15, 0.2) is 30.3 Å². The number of carbonyl (C=O) groups is 1. The molecule has 2 rings (SSSR count). The van der Waals surface area contributed by atoms with E-state index in [0.29, 0.717) is 12.8 Å². The third-order valence-corrected chi connectivity index (χ3v) is 3.26. The molecular weight excluding hydrogens is 342 g/mol. The molecule has 4 nitrogen and oxygen atoms in total. The van der Waals surface area contributed by atoms with Gasteiger partial charge in [0.25, 0.3) is 5.91 Å². The molecule has 25 heavy (non-hydrogen) atoms. The van der Waals surface area contributed by atoms with Crippen LogP contribution < -0.4 is 15.2 Å². The molecule has 0 saturated carbocycles. The molecule has 0 fully saturated rings. The number of nitrogens with two attached hydrogens (primary N) is 1. The Morgan fingerprint density at radius 1 is 0.880 bits per heavy atom. The van der Waals surface area contributed by atoms with Gasteiger partial charge in [0.2, 0.25) is 0 Å². The van der Waals surface area contributed by atoms with Crippen molar-refractivity contribution in [3.05, 3.63) is 59.2 Å². The lowest BCUT2D eigenvalue weighted by Gasteiger charge is -2.10. The summed E-state index contributed by atoms with van der Waals surface area (Å²) in [5.41, 5.74) is 4.06. The summed E-state index contributed by atoms with van der Waals surface area (Å²) in [6.45, 7) is 0.300. The Morgan fingerprint density at radius 2 is 1.52 bits per heavy atom. The summed E-state index contributed by atoms with van der Waals surface area (Å²) < 4.78 is 63.3. The van der Waals surface area contributed by atoms with E-state index in [1.807, 2.05) is 0 Å². The molecule has 134 valence electrons. The van der Waals surface area contributed by atoms with Gasteiger partial charge in [-0.1, -0.05) is 0 Å². The number of benzene rings is 2. The van der Waals surface area contributed by atoms with Gasteiger partial charge in [-0.25, -0.2) is 17.6 Å².